The number of nitrogens with one attached hydrogen (secondary N) is 1. The Balaban J connectivity index is 1.73. The van der Waals surface area contributed by atoms with E-state index >= 15 is 0 Å². The van der Waals surface area contributed by atoms with Crippen molar-refractivity contribution in [2.45, 2.75) is 51.5 Å². The number of likely N-dealkylation sites (N-methyl/N-ethyl adjacent to an activating group) is 1. The lowest BCUT2D eigenvalue weighted by atomic mass is 9.88. The molecule has 0 spiro atoms. The number of aryl methyl sites for hydroxylation is 1. The SMILES string of the molecule is Cc1cc(O)c(-c2nnc(N[C@@H]3CCCN(C)C3)c3c2CCCC3)c(F)c1. The first kappa shape index (κ1) is 18.2. The van der Waals surface area contributed by atoms with Crippen LogP contribution in [0.25, 0.3) is 11.3 Å². The molecule has 2 aromatic rings. The fraction of sp³-hybridized carbons (Fsp3) is 0.524. The van der Waals surface area contributed by atoms with Gasteiger partial charge in [0.05, 0.1) is 5.56 Å². The van der Waals surface area contributed by atoms with Gasteiger partial charge in [0.25, 0.3) is 0 Å². The van der Waals surface area contributed by atoms with Crippen molar-refractivity contribution in [3.05, 3.63) is 34.6 Å². The molecule has 27 heavy (non-hydrogen) atoms. The average molecular weight is 370 g/mol. The van der Waals surface area contributed by atoms with E-state index < -0.39 is 5.82 Å². The van der Waals surface area contributed by atoms with Crippen molar-refractivity contribution in [2.75, 3.05) is 25.5 Å². The van der Waals surface area contributed by atoms with Crippen LogP contribution in [0.15, 0.2) is 12.1 Å². The number of phenolic OH excluding ortho intramolecular Hbond substituents is 1. The molecule has 2 aliphatic rings. The number of likely N-dealkylation sites (tertiary alicyclic amines) is 1. The number of halogens is 1. The van der Waals surface area contributed by atoms with Crippen molar-refractivity contribution in [1.82, 2.24) is 15.1 Å². The van der Waals surface area contributed by atoms with Gasteiger partial charge < -0.3 is 15.3 Å². The molecule has 1 aliphatic carbocycles. The molecule has 6 heteroatoms. The summed E-state index contributed by atoms with van der Waals surface area (Å²) in [6, 6.07) is 3.38. The van der Waals surface area contributed by atoms with Gasteiger partial charge in [-0.05, 0) is 82.3 Å². The van der Waals surface area contributed by atoms with Crippen LogP contribution in [0.2, 0.25) is 0 Å². The van der Waals surface area contributed by atoms with Gasteiger partial charge in [0, 0.05) is 18.2 Å². The first-order valence-corrected chi connectivity index (χ1v) is 9.86. The molecule has 2 heterocycles. The van der Waals surface area contributed by atoms with Crippen LogP contribution in [-0.4, -0.2) is 46.4 Å². The predicted molar refractivity (Wildman–Crippen MR) is 105 cm³/mol. The monoisotopic (exact) mass is 370 g/mol. The number of rotatable bonds is 3. The van der Waals surface area contributed by atoms with E-state index in [1.54, 1.807) is 13.0 Å². The summed E-state index contributed by atoms with van der Waals surface area (Å²) in [6.45, 7) is 3.89. The molecule has 0 unspecified atom stereocenters. The zero-order valence-electron chi connectivity index (χ0n) is 16.1. The quantitative estimate of drug-likeness (QED) is 0.863. The minimum atomic E-state index is -0.441. The first-order valence-electron chi connectivity index (χ1n) is 9.86. The van der Waals surface area contributed by atoms with E-state index in [0.29, 0.717) is 17.3 Å². The van der Waals surface area contributed by atoms with Gasteiger partial charge in [0.1, 0.15) is 17.3 Å². The topological polar surface area (TPSA) is 61.3 Å². The van der Waals surface area contributed by atoms with E-state index in [9.17, 15) is 9.50 Å². The number of aromatic hydroxyl groups is 1. The molecule has 4 rings (SSSR count). The Morgan fingerprint density at radius 3 is 2.67 bits per heavy atom. The highest BCUT2D eigenvalue weighted by Crippen LogP contribution is 2.38. The van der Waals surface area contributed by atoms with Crippen LogP contribution in [0.1, 0.15) is 42.4 Å². The summed E-state index contributed by atoms with van der Waals surface area (Å²) in [7, 11) is 2.14. The second-order valence-electron chi connectivity index (χ2n) is 7.95. The summed E-state index contributed by atoms with van der Waals surface area (Å²) in [5.41, 5.74) is 3.52. The van der Waals surface area contributed by atoms with Gasteiger partial charge in [-0.1, -0.05) is 0 Å². The van der Waals surface area contributed by atoms with Crippen LogP contribution in [0.4, 0.5) is 10.2 Å². The number of benzene rings is 1. The summed E-state index contributed by atoms with van der Waals surface area (Å²) >= 11 is 0. The number of aromatic nitrogens is 2. The Hall–Kier alpha value is -2.21. The molecule has 1 aromatic heterocycles. The van der Waals surface area contributed by atoms with Crippen LogP contribution in [0, 0.1) is 12.7 Å². The average Bonchev–Trinajstić information content (AvgIpc) is 2.62. The van der Waals surface area contributed by atoms with Crippen LogP contribution >= 0.6 is 0 Å². The molecule has 5 nitrogen and oxygen atoms in total. The summed E-state index contributed by atoms with van der Waals surface area (Å²) in [4.78, 5) is 2.33. The van der Waals surface area contributed by atoms with Crippen molar-refractivity contribution < 1.29 is 9.50 Å². The molecule has 0 radical (unpaired) electrons. The zero-order chi connectivity index (χ0) is 19.0. The lowest BCUT2D eigenvalue weighted by molar-refractivity contribution is 0.260. The smallest absolute Gasteiger partial charge is 0.152 e. The highest BCUT2D eigenvalue weighted by Gasteiger charge is 2.26. The molecule has 1 saturated heterocycles. The maximum absolute atomic E-state index is 14.6. The van der Waals surface area contributed by atoms with Crippen molar-refractivity contribution in [3.63, 3.8) is 0 Å². The van der Waals surface area contributed by atoms with E-state index in [1.165, 1.54) is 12.5 Å². The Kier molecular flexibility index (Phi) is 5.00. The molecule has 1 fully saturated rings. The Labute approximate surface area is 159 Å². The Bertz CT molecular complexity index is 831. The molecule has 144 valence electrons. The number of fused-ring (bicyclic) bond motifs is 1. The molecular weight excluding hydrogens is 343 g/mol. The van der Waals surface area contributed by atoms with E-state index in [0.717, 1.165) is 62.1 Å². The van der Waals surface area contributed by atoms with E-state index in [1.807, 2.05) is 0 Å². The van der Waals surface area contributed by atoms with Crippen molar-refractivity contribution >= 4 is 5.82 Å². The largest absolute Gasteiger partial charge is 0.507 e. The fourth-order valence-corrected chi connectivity index (χ4v) is 4.40. The summed E-state index contributed by atoms with van der Waals surface area (Å²) in [5.74, 6) is 0.328. The third-order valence-electron chi connectivity index (χ3n) is 5.71. The first-order chi connectivity index (χ1) is 13.0. The summed E-state index contributed by atoms with van der Waals surface area (Å²) < 4.78 is 14.6. The highest BCUT2D eigenvalue weighted by molar-refractivity contribution is 5.73. The van der Waals surface area contributed by atoms with Crippen LogP contribution in [-0.2, 0) is 12.8 Å². The number of phenols is 1. The molecule has 0 saturated carbocycles. The maximum Gasteiger partial charge on any atom is 0.152 e. The summed E-state index contributed by atoms with van der Waals surface area (Å²) in [5, 5.41) is 22.7. The van der Waals surface area contributed by atoms with Gasteiger partial charge in [-0.15, -0.1) is 10.2 Å². The van der Waals surface area contributed by atoms with Gasteiger partial charge in [-0.2, -0.15) is 0 Å². The van der Waals surface area contributed by atoms with Crippen molar-refractivity contribution in [2.24, 2.45) is 0 Å². The Morgan fingerprint density at radius 1 is 1.15 bits per heavy atom. The van der Waals surface area contributed by atoms with Crippen LogP contribution in [0.5, 0.6) is 5.75 Å². The molecule has 2 N–H and O–H groups in total. The fourth-order valence-electron chi connectivity index (χ4n) is 4.40. The number of piperidine rings is 1. The Morgan fingerprint density at radius 2 is 1.93 bits per heavy atom. The minimum absolute atomic E-state index is 0.0656. The number of nitrogens with zero attached hydrogens (tertiary/aromatic N) is 3. The predicted octanol–water partition coefficient (Wildman–Crippen LogP) is 3.68. The second-order valence-corrected chi connectivity index (χ2v) is 7.95. The van der Waals surface area contributed by atoms with Gasteiger partial charge in [-0.25, -0.2) is 4.39 Å². The normalized spacial score (nSPS) is 20.3. The van der Waals surface area contributed by atoms with E-state index in [4.69, 9.17) is 0 Å². The molecule has 1 aliphatic heterocycles. The molecule has 1 aromatic carbocycles. The maximum atomic E-state index is 14.6. The molecule has 0 bridgehead atoms. The van der Waals surface area contributed by atoms with E-state index in [2.05, 4.69) is 27.5 Å². The van der Waals surface area contributed by atoms with Crippen molar-refractivity contribution in [1.29, 1.82) is 0 Å². The van der Waals surface area contributed by atoms with Gasteiger partial charge in [-0.3, -0.25) is 0 Å². The van der Waals surface area contributed by atoms with Crippen LogP contribution in [0.3, 0.4) is 0 Å². The van der Waals surface area contributed by atoms with Gasteiger partial charge in [0.2, 0.25) is 0 Å². The summed E-state index contributed by atoms with van der Waals surface area (Å²) in [6.07, 6.45) is 6.19. The van der Waals surface area contributed by atoms with Crippen molar-refractivity contribution in [3.8, 4) is 17.0 Å². The molecular formula is C21H27FN4O. The lowest BCUT2D eigenvalue weighted by Gasteiger charge is -2.31. The van der Waals surface area contributed by atoms with Crippen LogP contribution < -0.4 is 5.32 Å². The number of hydrogen-bond donors (Lipinski definition) is 2. The second kappa shape index (κ2) is 7.43. The molecule has 0 amide bonds. The van der Waals surface area contributed by atoms with Gasteiger partial charge >= 0.3 is 0 Å². The third kappa shape index (κ3) is 3.63. The zero-order valence-corrected chi connectivity index (χ0v) is 16.1. The standard InChI is InChI=1S/C21H27FN4O/c1-13-10-17(22)19(18(27)11-13)20-15-7-3-4-8-16(15)21(25-24-20)23-14-6-5-9-26(2)12-14/h10-11,14,27H,3-9,12H2,1-2H3,(H,23,25)/t14-/m1/s1. The highest BCUT2D eigenvalue weighted by atomic mass is 19.1. The minimum Gasteiger partial charge on any atom is -0.507 e. The third-order valence-corrected chi connectivity index (χ3v) is 5.71. The lowest BCUT2D eigenvalue weighted by Crippen LogP contribution is -2.40. The molecule has 1 atom stereocenters. The number of hydrogen-bond acceptors (Lipinski definition) is 5. The van der Waals surface area contributed by atoms with Gasteiger partial charge in [0.15, 0.2) is 5.82 Å². The number of anilines is 1. The van der Waals surface area contributed by atoms with E-state index in [-0.39, 0.29) is 11.3 Å².